The first-order chi connectivity index (χ1) is 7.52. The zero-order valence-electron chi connectivity index (χ0n) is 10.4. The Bertz CT molecular complexity index is 371. The predicted molar refractivity (Wildman–Crippen MR) is 67.5 cm³/mol. The minimum absolute atomic E-state index is 0.279. The molecule has 1 unspecified atom stereocenters. The fraction of sp³-hybridized carbons (Fsp3) is 0.500. The topological polar surface area (TPSA) is 43.1 Å². The van der Waals surface area contributed by atoms with Gasteiger partial charge in [0.25, 0.3) is 0 Å². The molecule has 0 saturated heterocycles. The first kappa shape index (κ1) is 12.9. The van der Waals surface area contributed by atoms with Gasteiger partial charge in [-0.05, 0) is 43.0 Å². The molecule has 0 spiro atoms. The fourth-order valence-corrected chi connectivity index (χ4v) is 1.69. The van der Waals surface area contributed by atoms with Crippen LogP contribution in [0.3, 0.4) is 0 Å². The molecule has 0 fully saturated rings. The van der Waals surface area contributed by atoms with Crippen molar-refractivity contribution in [2.24, 2.45) is 11.7 Å². The van der Waals surface area contributed by atoms with Crippen LogP contribution >= 0.6 is 0 Å². The van der Waals surface area contributed by atoms with Crippen LogP contribution in [0.4, 0.5) is 0 Å². The van der Waals surface area contributed by atoms with E-state index < -0.39 is 0 Å². The zero-order chi connectivity index (χ0) is 12.1. The van der Waals surface area contributed by atoms with E-state index in [0.29, 0.717) is 25.3 Å². The lowest BCUT2D eigenvalue weighted by atomic mass is 9.98. The van der Waals surface area contributed by atoms with Crippen molar-refractivity contribution in [3.05, 3.63) is 34.9 Å². The summed E-state index contributed by atoms with van der Waals surface area (Å²) in [5.41, 5.74) is 9.13. The average molecular weight is 219 g/mol. The van der Waals surface area contributed by atoms with Crippen molar-refractivity contribution in [3.8, 4) is 0 Å². The van der Waals surface area contributed by atoms with Crippen LogP contribution in [-0.2, 0) is 11.2 Å². The maximum absolute atomic E-state index is 11.7. The summed E-state index contributed by atoms with van der Waals surface area (Å²) in [7, 11) is 0. The van der Waals surface area contributed by atoms with Crippen LogP contribution in [0.1, 0.15) is 30.0 Å². The molecule has 2 heteroatoms. The highest BCUT2D eigenvalue weighted by Crippen LogP contribution is 2.12. The third kappa shape index (κ3) is 3.78. The maximum Gasteiger partial charge on any atom is 0.137 e. The van der Waals surface area contributed by atoms with Gasteiger partial charge in [0.1, 0.15) is 5.78 Å². The van der Waals surface area contributed by atoms with Crippen molar-refractivity contribution >= 4 is 5.78 Å². The number of carbonyl (C=O) groups is 1. The van der Waals surface area contributed by atoms with E-state index in [9.17, 15) is 4.79 Å². The van der Waals surface area contributed by atoms with E-state index in [-0.39, 0.29) is 5.78 Å². The van der Waals surface area contributed by atoms with Crippen LogP contribution in [0.5, 0.6) is 0 Å². The van der Waals surface area contributed by atoms with E-state index >= 15 is 0 Å². The fourth-order valence-electron chi connectivity index (χ4n) is 1.69. The van der Waals surface area contributed by atoms with Gasteiger partial charge in [-0.3, -0.25) is 4.79 Å². The molecule has 0 amide bonds. The number of rotatable bonds is 5. The molecule has 1 aromatic rings. The Kier molecular flexibility index (Phi) is 4.69. The van der Waals surface area contributed by atoms with E-state index in [2.05, 4.69) is 26.0 Å². The molecule has 0 aliphatic carbocycles. The Hall–Kier alpha value is -1.15. The second kappa shape index (κ2) is 5.80. The average Bonchev–Trinajstić information content (AvgIpc) is 2.23. The molecule has 1 aromatic carbocycles. The molecule has 1 rings (SSSR count). The summed E-state index contributed by atoms with van der Waals surface area (Å²) in [6, 6.07) is 6.21. The lowest BCUT2D eigenvalue weighted by Crippen LogP contribution is -2.16. The second-order valence-corrected chi connectivity index (χ2v) is 4.68. The highest BCUT2D eigenvalue weighted by atomic mass is 16.1. The number of aryl methyl sites for hydroxylation is 2. The molecule has 0 aromatic heterocycles. The van der Waals surface area contributed by atoms with Gasteiger partial charge in [0.05, 0.1) is 0 Å². The summed E-state index contributed by atoms with van der Waals surface area (Å²) in [5, 5.41) is 0. The Labute approximate surface area is 97.9 Å². The van der Waals surface area contributed by atoms with Gasteiger partial charge in [0.2, 0.25) is 0 Å². The molecule has 0 saturated carbocycles. The minimum Gasteiger partial charge on any atom is -0.330 e. The van der Waals surface area contributed by atoms with Gasteiger partial charge in [-0.2, -0.15) is 0 Å². The number of carbonyl (C=O) groups excluding carboxylic acids is 1. The van der Waals surface area contributed by atoms with Crippen LogP contribution in [0.25, 0.3) is 0 Å². The molecule has 88 valence electrons. The van der Waals surface area contributed by atoms with Crippen molar-refractivity contribution in [1.82, 2.24) is 0 Å². The summed E-state index contributed by atoms with van der Waals surface area (Å²) in [6.07, 6.45) is 1.12. The van der Waals surface area contributed by atoms with Crippen molar-refractivity contribution in [3.63, 3.8) is 0 Å². The van der Waals surface area contributed by atoms with Crippen LogP contribution in [0.15, 0.2) is 18.2 Å². The summed E-state index contributed by atoms with van der Waals surface area (Å²) in [6.45, 7) is 6.75. The number of hydrogen-bond acceptors (Lipinski definition) is 2. The second-order valence-electron chi connectivity index (χ2n) is 4.68. The van der Waals surface area contributed by atoms with Gasteiger partial charge in [0.15, 0.2) is 0 Å². The van der Waals surface area contributed by atoms with Gasteiger partial charge in [0, 0.05) is 12.8 Å². The zero-order valence-corrected chi connectivity index (χ0v) is 10.4. The summed E-state index contributed by atoms with van der Waals surface area (Å²) in [5.74, 6) is 0.570. The monoisotopic (exact) mass is 219 g/mol. The molecule has 0 radical (unpaired) electrons. The quantitative estimate of drug-likeness (QED) is 0.826. The normalized spacial score (nSPS) is 12.5. The van der Waals surface area contributed by atoms with Gasteiger partial charge in [-0.1, -0.05) is 25.1 Å². The van der Waals surface area contributed by atoms with Gasteiger partial charge in [-0.25, -0.2) is 0 Å². The van der Waals surface area contributed by atoms with Crippen LogP contribution < -0.4 is 5.73 Å². The predicted octanol–water partition coefficient (Wildman–Crippen LogP) is 2.40. The Morgan fingerprint density at radius 2 is 2.00 bits per heavy atom. The third-order valence-corrected chi connectivity index (χ3v) is 2.95. The molecule has 2 nitrogen and oxygen atoms in total. The molecular formula is C14H21NO. The number of benzene rings is 1. The molecule has 0 bridgehead atoms. The molecule has 0 aliphatic heterocycles. The summed E-state index contributed by atoms with van der Waals surface area (Å²) >= 11 is 0. The number of nitrogens with two attached hydrogens (primary N) is 1. The van der Waals surface area contributed by atoms with E-state index in [1.165, 1.54) is 11.1 Å². The Morgan fingerprint density at radius 3 is 2.56 bits per heavy atom. The molecular weight excluding hydrogens is 198 g/mol. The maximum atomic E-state index is 11.7. The Morgan fingerprint density at radius 1 is 1.31 bits per heavy atom. The smallest absolute Gasteiger partial charge is 0.137 e. The van der Waals surface area contributed by atoms with Gasteiger partial charge >= 0.3 is 0 Å². The number of Topliss-reactive ketones (excluding diaryl/α,β-unsaturated/α-hetero) is 1. The molecule has 0 aliphatic rings. The van der Waals surface area contributed by atoms with Gasteiger partial charge in [-0.15, -0.1) is 0 Å². The summed E-state index contributed by atoms with van der Waals surface area (Å²) < 4.78 is 0. The largest absolute Gasteiger partial charge is 0.330 e. The van der Waals surface area contributed by atoms with Gasteiger partial charge < -0.3 is 5.73 Å². The molecule has 2 N–H and O–H groups in total. The first-order valence-electron chi connectivity index (χ1n) is 5.80. The third-order valence-electron chi connectivity index (χ3n) is 2.95. The lowest BCUT2D eigenvalue weighted by Gasteiger charge is -2.08. The highest BCUT2D eigenvalue weighted by Gasteiger charge is 2.08. The standard InChI is InChI=1S/C14H21NO/c1-10(9-15)6-14(16)8-13-5-4-11(2)12(3)7-13/h4-5,7,10H,6,8-9,15H2,1-3H3. The number of ketones is 1. The van der Waals surface area contributed by atoms with Crippen molar-refractivity contribution in [2.75, 3.05) is 6.54 Å². The molecule has 0 heterocycles. The van der Waals surface area contributed by atoms with E-state index in [4.69, 9.17) is 5.73 Å². The SMILES string of the molecule is Cc1ccc(CC(=O)CC(C)CN)cc1C. The van der Waals surface area contributed by atoms with Crippen molar-refractivity contribution < 1.29 is 4.79 Å². The van der Waals surface area contributed by atoms with Crippen LogP contribution in [0.2, 0.25) is 0 Å². The lowest BCUT2D eigenvalue weighted by molar-refractivity contribution is -0.119. The summed E-state index contributed by atoms with van der Waals surface area (Å²) in [4.78, 5) is 11.7. The first-order valence-corrected chi connectivity index (χ1v) is 5.80. The van der Waals surface area contributed by atoms with Crippen LogP contribution in [-0.4, -0.2) is 12.3 Å². The highest BCUT2D eigenvalue weighted by molar-refractivity contribution is 5.81. The Balaban J connectivity index is 2.59. The minimum atomic E-state index is 0.279. The van der Waals surface area contributed by atoms with E-state index in [1.54, 1.807) is 0 Å². The molecule has 1 atom stereocenters. The van der Waals surface area contributed by atoms with E-state index in [0.717, 1.165) is 5.56 Å². The molecule has 16 heavy (non-hydrogen) atoms. The van der Waals surface area contributed by atoms with Crippen LogP contribution in [0, 0.1) is 19.8 Å². The van der Waals surface area contributed by atoms with Crippen molar-refractivity contribution in [1.29, 1.82) is 0 Å². The van der Waals surface area contributed by atoms with E-state index in [1.807, 2.05) is 13.0 Å². The number of hydrogen-bond donors (Lipinski definition) is 1. The van der Waals surface area contributed by atoms with Crippen molar-refractivity contribution in [2.45, 2.75) is 33.6 Å².